The van der Waals surface area contributed by atoms with E-state index in [2.05, 4.69) is 16.0 Å². The average molecular weight is 1420 g/mol. The molecule has 0 radical (unpaired) electrons. The molecule has 1 spiro atoms. The van der Waals surface area contributed by atoms with E-state index in [1.807, 2.05) is 27.7 Å². The second kappa shape index (κ2) is 36.5. The van der Waals surface area contributed by atoms with Gasteiger partial charge < -0.3 is 69.5 Å². The maximum atomic E-state index is 15.8. The molecule has 3 aliphatic heterocycles. The number of benzene rings is 1. The molecular weight excluding hydrogens is 1310 g/mol. The Hall–Kier alpha value is -7.14. The number of carbonyl (C=O) groups is 12. The minimum absolute atomic E-state index is 0.0154. The first-order chi connectivity index (χ1) is 46.7. The third-order valence-electron chi connectivity index (χ3n) is 20.3. The largest absolute Gasteiger partial charge is 0.417 e. The zero-order valence-corrected chi connectivity index (χ0v) is 60.6. The lowest BCUT2D eigenvalue weighted by atomic mass is 9.81. The number of halogens is 4. The Labute approximate surface area is 585 Å². The molecule has 3 heterocycles. The molecule has 0 aromatic heterocycles. The number of nitrogens with one attached hydrogen (secondary N) is 3. The first kappa shape index (κ1) is 80.8. The van der Waals surface area contributed by atoms with Crippen LogP contribution in [0.5, 0.6) is 0 Å². The van der Waals surface area contributed by atoms with Crippen molar-refractivity contribution in [1.29, 1.82) is 0 Å². The number of nitrogens with zero attached hydrogens (tertiary/aromatic N) is 9. The molecule has 1 aromatic carbocycles. The maximum Gasteiger partial charge on any atom is 0.417 e. The van der Waals surface area contributed by atoms with Crippen LogP contribution in [-0.4, -0.2) is 278 Å². The van der Waals surface area contributed by atoms with E-state index in [9.17, 15) is 41.9 Å². The highest BCUT2D eigenvalue weighted by Gasteiger charge is 2.51. The number of alkyl halides is 3. The van der Waals surface area contributed by atoms with Crippen molar-refractivity contribution in [3.05, 3.63) is 34.3 Å². The van der Waals surface area contributed by atoms with Gasteiger partial charge in [0.15, 0.2) is 0 Å². The predicted molar refractivity (Wildman–Crippen MR) is 360 cm³/mol. The lowest BCUT2D eigenvalue weighted by Gasteiger charge is -2.43. The Balaban J connectivity index is 1.44. The van der Waals surface area contributed by atoms with Gasteiger partial charge in [-0.25, -0.2) is 0 Å². The maximum absolute atomic E-state index is 15.8. The van der Waals surface area contributed by atoms with Gasteiger partial charge in [0.05, 0.1) is 56.5 Å². The van der Waals surface area contributed by atoms with E-state index in [1.165, 1.54) is 79.9 Å². The number of fused-ring (bicyclic) bond motifs is 1. The minimum Gasteiger partial charge on any atom is -0.379 e. The van der Waals surface area contributed by atoms with E-state index >= 15 is 28.8 Å². The fraction of sp³-hybridized carbons (Fsp3) is 0.739. The van der Waals surface area contributed by atoms with Crippen molar-refractivity contribution in [3.63, 3.8) is 0 Å². The molecule has 8 atom stereocenters. The number of carbonyl (C=O) groups excluding carboxylic acids is 12. The summed E-state index contributed by atoms with van der Waals surface area (Å²) >= 11 is 6.13. The van der Waals surface area contributed by atoms with Crippen molar-refractivity contribution in [1.82, 2.24) is 60.0 Å². The molecule has 3 saturated heterocycles. The zero-order chi connectivity index (χ0) is 73.4. The minimum atomic E-state index is -4.77. The first-order valence-electron chi connectivity index (χ1n) is 35.0. The molecule has 99 heavy (non-hydrogen) atoms. The van der Waals surface area contributed by atoms with Crippen molar-refractivity contribution < 1.29 is 80.2 Å². The van der Waals surface area contributed by atoms with Crippen LogP contribution in [0.3, 0.4) is 0 Å². The van der Waals surface area contributed by atoms with Gasteiger partial charge >= 0.3 is 6.18 Å². The lowest BCUT2D eigenvalue weighted by molar-refractivity contribution is -0.158. The number of rotatable bonds is 13. The molecule has 2 saturated carbocycles. The molecule has 0 unspecified atom stereocenters. The molecule has 554 valence electrons. The van der Waals surface area contributed by atoms with Gasteiger partial charge in [-0.3, -0.25) is 57.5 Å². The second-order valence-corrected chi connectivity index (χ2v) is 28.5. The van der Waals surface area contributed by atoms with E-state index < -0.39 is 173 Å². The van der Waals surface area contributed by atoms with Gasteiger partial charge in [-0.15, -0.1) is 0 Å². The lowest BCUT2D eigenvalue weighted by Crippen LogP contribution is -2.65. The van der Waals surface area contributed by atoms with Gasteiger partial charge in [0.1, 0.15) is 47.8 Å². The van der Waals surface area contributed by atoms with Crippen LogP contribution in [0.1, 0.15) is 148 Å². The Bertz CT molecular complexity index is 3050. The zero-order valence-electron chi connectivity index (χ0n) is 59.8. The number of amides is 12. The Morgan fingerprint density at radius 2 is 1.31 bits per heavy atom. The van der Waals surface area contributed by atoms with Gasteiger partial charge in [-0.1, -0.05) is 90.8 Å². The van der Waals surface area contributed by atoms with Gasteiger partial charge in [0.2, 0.25) is 70.9 Å². The standard InChI is InChI=1S/C69H106ClF3N12O14/c1-13-33-99-42-53-63(93)78(7)39-54(86)74-49(27-25-45-24-26-47(48(70)37-45)69(71,72)73)62(92)85-30-20-23-50(85)61(91)76-68(28-18-19-29-68)67(97)83(12)59(46-21-16-15-17-22-46)66(96)82(11)52(64(94)84-31-34-98-35-32-84)38-55(87)80(9)51(36-43(3)4)60(90)75-58(44(5)14-2)65(95)79(8)40-56(88)77(6)41-57(89)81(53)10/h24,26,37,43-44,46,49-53,58-59H,13-23,25,27-36,38-42H2,1-12H3,(H,74,86)(H,75,90)(H,76,91)/t44-,49-,50-,51-,52-,53-,58-,59-/m0/s1. The highest BCUT2D eigenvalue weighted by atomic mass is 35.5. The number of aryl methyl sites for hydroxylation is 1. The third-order valence-corrected chi connectivity index (χ3v) is 20.7. The molecule has 3 N–H and O–H groups in total. The Kier molecular flexibility index (Phi) is 29.8. The van der Waals surface area contributed by atoms with E-state index in [0.29, 0.717) is 44.9 Å². The molecule has 6 rings (SSSR count). The van der Waals surface area contributed by atoms with Crippen LogP contribution < -0.4 is 16.0 Å². The van der Waals surface area contributed by atoms with Crippen LogP contribution in [-0.2, 0) is 79.6 Å². The molecule has 1 aromatic rings. The Morgan fingerprint density at radius 3 is 1.92 bits per heavy atom. The van der Waals surface area contributed by atoms with Gasteiger partial charge in [0.25, 0.3) is 0 Å². The number of morpholine rings is 1. The van der Waals surface area contributed by atoms with Crippen molar-refractivity contribution in [2.75, 3.05) is 115 Å². The summed E-state index contributed by atoms with van der Waals surface area (Å²) in [6.07, 6.45) is 0.447. The monoisotopic (exact) mass is 1420 g/mol. The molecule has 0 bridgehead atoms. The molecular formula is C69H106ClF3N12O14. The quantitative estimate of drug-likeness (QED) is 0.238. The summed E-state index contributed by atoms with van der Waals surface area (Å²) in [6, 6.07) is -6.03. The van der Waals surface area contributed by atoms with Crippen molar-refractivity contribution in [2.45, 2.75) is 198 Å². The third kappa shape index (κ3) is 20.8. The first-order valence-corrected chi connectivity index (χ1v) is 35.4. The molecule has 2 aliphatic carbocycles. The van der Waals surface area contributed by atoms with Crippen LogP contribution in [0.2, 0.25) is 5.02 Å². The summed E-state index contributed by atoms with van der Waals surface area (Å²) in [4.78, 5) is 189. The summed E-state index contributed by atoms with van der Waals surface area (Å²) < 4.78 is 52.9. The fourth-order valence-corrected chi connectivity index (χ4v) is 14.4. The van der Waals surface area contributed by atoms with Crippen molar-refractivity contribution in [2.24, 2.45) is 17.8 Å². The molecule has 5 aliphatic rings. The topological polar surface area (TPSA) is 289 Å². The van der Waals surface area contributed by atoms with Crippen LogP contribution in [0.4, 0.5) is 13.2 Å². The summed E-state index contributed by atoms with van der Waals surface area (Å²) in [5.41, 5.74) is -2.40. The van der Waals surface area contributed by atoms with E-state index in [0.717, 1.165) is 51.0 Å². The van der Waals surface area contributed by atoms with Crippen molar-refractivity contribution >= 4 is 82.5 Å². The Morgan fingerprint density at radius 1 is 0.687 bits per heavy atom. The summed E-state index contributed by atoms with van der Waals surface area (Å²) in [6.45, 7) is 7.75. The number of ether oxygens (including phenoxy) is 2. The molecule has 12 amide bonds. The van der Waals surface area contributed by atoms with E-state index in [4.69, 9.17) is 21.1 Å². The normalized spacial score (nSPS) is 26.0. The average Bonchev–Trinajstić information content (AvgIpc) is 1.75. The summed E-state index contributed by atoms with van der Waals surface area (Å²) in [5.74, 6) is -9.46. The van der Waals surface area contributed by atoms with E-state index in [1.54, 1.807) is 6.92 Å². The SMILES string of the molecule is CCCOC[C@H]1C(=O)N(C)CC(=O)N[C@@H](CCc2ccc(C(F)(F)F)c(Cl)c2)C(=O)N2CCC[C@H]2C(=O)NC2(CCCC2)C(=O)N(C)[C@@H](C2CCCCC2)C(=O)N(C)[C@H](C(=O)N2CCOCC2)CC(=O)N(C)[C@@H](CC(C)C)C(=O)N[C@@H]([C@@H](C)CC)C(=O)N(C)CC(=O)N(C)CC(=O)N1C. The number of likely N-dealkylation sites (N-methyl/N-ethyl adjacent to an activating group) is 7. The molecule has 30 heteroatoms. The molecule has 26 nitrogen and oxygen atoms in total. The van der Waals surface area contributed by atoms with Crippen LogP contribution >= 0.6 is 11.6 Å². The number of hydrogen-bond acceptors (Lipinski definition) is 14. The van der Waals surface area contributed by atoms with Crippen LogP contribution in [0.15, 0.2) is 18.2 Å². The smallest absolute Gasteiger partial charge is 0.379 e. The van der Waals surface area contributed by atoms with Crippen LogP contribution in [0, 0.1) is 17.8 Å². The van der Waals surface area contributed by atoms with Crippen molar-refractivity contribution in [3.8, 4) is 0 Å². The summed E-state index contributed by atoms with van der Waals surface area (Å²) in [5, 5.41) is 8.04. The predicted octanol–water partition coefficient (Wildman–Crippen LogP) is 3.73. The van der Waals surface area contributed by atoms with E-state index in [-0.39, 0.29) is 96.1 Å². The highest BCUT2D eigenvalue weighted by molar-refractivity contribution is 6.31. The molecule has 5 fully saturated rings. The van der Waals surface area contributed by atoms with Gasteiger partial charge in [0, 0.05) is 75.6 Å². The summed E-state index contributed by atoms with van der Waals surface area (Å²) in [7, 11) is 9.64. The highest BCUT2D eigenvalue weighted by Crippen LogP contribution is 2.38. The second-order valence-electron chi connectivity index (χ2n) is 28.1. The number of hydrogen-bond donors (Lipinski definition) is 3. The van der Waals surface area contributed by atoms with Gasteiger partial charge in [-0.2, -0.15) is 13.2 Å². The fourth-order valence-electron chi connectivity index (χ4n) is 14.0. The van der Waals surface area contributed by atoms with Gasteiger partial charge in [-0.05, 0) is 99.7 Å². The van der Waals surface area contributed by atoms with Crippen LogP contribution in [0.25, 0.3) is 0 Å².